The number of ether oxygens (including phenoxy) is 1. The van der Waals surface area contributed by atoms with Crippen LogP contribution in [-0.4, -0.2) is 80.2 Å². The Morgan fingerprint density at radius 1 is 1.09 bits per heavy atom. The van der Waals surface area contributed by atoms with Crippen molar-refractivity contribution in [2.24, 2.45) is 11.8 Å². The van der Waals surface area contributed by atoms with Gasteiger partial charge < -0.3 is 35.1 Å². The highest BCUT2D eigenvalue weighted by atomic mass is 19.4. The Bertz CT molecular complexity index is 1500. The largest absolute Gasteiger partial charge is 0.444 e. The first-order valence-corrected chi connectivity index (χ1v) is 15.9. The molecule has 2 aromatic heterocycles. The van der Waals surface area contributed by atoms with Crippen LogP contribution in [0, 0.1) is 11.8 Å². The Kier molecular flexibility index (Phi) is 9.73. The highest BCUT2D eigenvalue weighted by Crippen LogP contribution is 2.32. The van der Waals surface area contributed by atoms with E-state index in [0.29, 0.717) is 30.3 Å². The SMILES string of the molecule is CC1CCC([C@H](NC(=O)c2ccc3n2CCN(C(=O)OC(C)(C)C)C3)C(=O)Nc2cc(CN3C[C@@H](C(F)(F)F)NC3=O)ccn2)CC1. The lowest BCUT2D eigenvalue weighted by Gasteiger charge is -2.33. The lowest BCUT2D eigenvalue weighted by Crippen LogP contribution is -2.50. The lowest BCUT2D eigenvalue weighted by molar-refractivity contribution is -0.149. The Morgan fingerprint density at radius 3 is 2.47 bits per heavy atom. The number of rotatable bonds is 7. The number of nitrogens with zero attached hydrogens (tertiary/aromatic N) is 4. The molecule has 4 heterocycles. The topological polar surface area (TPSA) is 138 Å². The molecule has 0 aromatic carbocycles. The molecular weight excluding hydrogens is 619 g/mol. The summed E-state index contributed by atoms with van der Waals surface area (Å²) in [6.07, 6.45) is -0.261. The summed E-state index contributed by atoms with van der Waals surface area (Å²) in [7, 11) is 0. The van der Waals surface area contributed by atoms with Crippen molar-refractivity contribution in [1.82, 2.24) is 30.0 Å². The summed E-state index contributed by atoms with van der Waals surface area (Å²) in [5, 5.41) is 7.69. The summed E-state index contributed by atoms with van der Waals surface area (Å²) in [5.74, 6) is -0.328. The predicted octanol–water partition coefficient (Wildman–Crippen LogP) is 4.65. The first kappa shape index (κ1) is 34.0. The van der Waals surface area contributed by atoms with Crippen LogP contribution in [0.25, 0.3) is 0 Å². The zero-order chi connectivity index (χ0) is 34.1. The number of anilines is 1. The summed E-state index contributed by atoms with van der Waals surface area (Å²) in [4.78, 5) is 59.0. The molecule has 47 heavy (non-hydrogen) atoms. The highest BCUT2D eigenvalue weighted by molar-refractivity contribution is 6.00. The second kappa shape index (κ2) is 13.4. The van der Waals surface area contributed by atoms with Crippen LogP contribution in [0.5, 0.6) is 0 Å². The van der Waals surface area contributed by atoms with Gasteiger partial charge in [-0.1, -0.05) is 19.8 Å². The molecule has 2 fully saturated rings. The molecule has 12 nitrogen and oxygen atoms in total. The number of carbonyl (C=O) groups is 4. The number of amides is 5. The predicted molar refractivity (Wildman–Crippen MR) is 165 cm³/mol. The van der Waals surface area contributed by atoms with Crippen LogP contribution in [0.4, 0.5) is 28.6 Å². The molecule has 1 saturated carbocycles. The number of aromatic nitrogens is 2. The molecule has 1 saturated heterocycles. The van der Waals surface area contributed by atoms with Gasteiger partial charge in [0.05, 0.1) is 13.1 Å². The van der Waals surface area contributed by atoms with Crippen LogP contribution in [-0.2, 0) is 29.2 Å². The van der Waals surface area contributed by atoms with Gasteiger partial charge in [-0.15, -0.1) is 0 Å². The number of nitrogens with one attached hydrogen (secondary N) is 3. The van der Waals surface area contributed by atoms with Gasteiger partial charge in [-0.3, -0.25) is 9.59 Å². The third-order valence-electron chi connectivity index (χ3n) is 8.83. The molecule has 2 aromatic rings. The molecule has 0 spiro atoms. The fourth-order valence-corrected chi connectivity index (χ4v) is 6.30. The number of urea groups is 1. The van der Waals surface area contributed by atoms with E-state index in [1.54, 1.807) is 43.9 Å². The Hall–Kier alpha value is -4.30. The van der Waals surface area contributed by atoms with Crippen molar-refractivity contribution in [3.8, 4) is 0 Å². The van der Waals surface area contributed by atoms with Gasteiger partial charge in [-0.25, -0.2) is 14.6 Å². The summed E-state index contributed by atoms with van der Waals surface area (Å²) in [6.45, 7) is 7.97. The van der Waals surface area contributed by atoms with Crippen molar-refractivity contribution < 1.29 is 37.1 Å². The Morgan fingerprint density at radius 2 is 1.81 bits per heavy atom. The van der Waals surface area contributed by atoms with Gasteiger partial charge in [0.1, 0.15) is 29.2 Å². The van der Waals surface area contributed by atoms with Crippen LogP contribution in [0.2, 0.25) is 0 Å². The van der Waals surface area contributed by atoms with Gasteiger partial charge in [-0.05, 0) is 75.3 Å². The number of halogens is 3. The van der Waals surface area contributed by atoms with Crippen LogP contribution >= 0.6 is 0 Å². The van der Waals surface area contributed by atoms with E-state index in [9.17, 15) is 32.3 Å². The van der Waals surface area contributed by atoms with Crippen molar-refractivity contribution in [2.75, 3.05) is 18.4 Å². The maximum absolute atomic E-state index is 13.8. The second-order valence-electron chi connectivity index (χ2n) is 13.7. The lowest BCUT2D eigenvalue weighted by atomic mass is 9.79. The minimum absolute atomic E-state index is 0.102. The van der Waals surface area contributed by atoms with E-state index in [4.69, 9.17) is 4.74 Å². The van der Waals surface area contributed by atoms with E-state index in [1.807, 2.05) is 9.88 Å². The molecular formula is C32H42F3N7O5. The molecule has 3 aliphatic rings. The number of alkyl halides is 3. The molecule has 5 rings (SSSR count). The number of carbonyl (C=O) groups excluding carboxylic acids is 4. The number of pyridine rings is 1. The van der Waals surface area contributed by atoms with Gasteiger partial charge in [-0.2, -0.15) is 13.2 Å². The maximum Gasteiger partial charge on any atom is 0.410 e. The van der Waals surface area contributed by atoms with Crippen LogP contribution in [0.3, 0.4) is 0 Å². The second-order valence-corrected chi connectivity index (χ2v) is 13.7. The van der Waals surface area contributed by atoms with Crippen molar-refractivity contribution >= 4 is 29.8 Å². The minimum atomic E-state index is -4.56. The molecule has 0 bridgehead atoms. The normalized spacial score (nSPS) is 22.3. The maximum atomic E-state index is 13.8. The summed E-state index contributed by atoms with van der Waals surface area (Å²) in [6, 6.07) is 2.90. The van der Waals surface area contributed by atoms with E-state index in [-0.39, 0.29) is 24.8 Å². The zero-order valence-corrected chi connectivity index (χ0v) is 27.0. The number of fused-ring (bicyclic) bond motifs is 1. The highest BCUT2D eigenvalue weighted by Gasteiger charge is 2.46. The van der Waals surface area contributed by atoms with Crippen molar-refractivity contribution in [3.63, 3.8) is 0 Å². The van der Waals surface area contributed by atoms with E-state index in [2.05, 4.69) is 22.5 Å². The Labute approximate surface area is 271 Å². The van der Waals surface area contributed by atoms with Crippen molar-refractivity contribution in [1.29, 1.82) is 0 Å². The molecule has 3 N–H and O–H groups in total. The average Bonchev–Trinajstić information content (AvgIpc) is 3.58. The summed E-state index contributed by atoms with van der Waals surface area (Å²) in [5.41, 5.74) is 1.01. The van der Waals surface area contributed by atoms with Crippen molar-refractivity contribution in [3.05, 3.63) is 47.4 Å². The average molecular weight is 662 g/mol. The standard InChI is InChI=1S/C32H42F3N7O5/c1-19-5-7-21(8-6-19)26(39-27(43)23-10-9-22-17-40(13-14-42(22)23)30(46)47-31(2,3)4)28(44)38-25-15-20(11-12-36-25)16-41-18-24(32(33,34)35)37-29(41)45/h9-12,15,19,21,24,26H,5-8,13-14,16-18H2,1-4H3,(H,37,45)(H,39,43)(H,36,38,44)/t19?,21?,24-,26-/m0/s1. The number of hydrogen-bond acceptors (Lipinski definition) is 6. The summed E-state index contributed by atoms with van der Waals surface area (Å²) >= 11 is 0. The van der Waals surface area contributed by atoms with E-state index < -0.39 is 54.3 Å². The van der Waals surface area contributed by atoms with Gasteiger partial charge in [0.25, 0.3) is 5.91 Å². The quantitative estimate of drug-likeness (QED) is 0.395. The first-order valence-electron chi connectivity index (χ1n) is 15.9. The van der Waals surface area contributed by atoms with Gasteiger partial charge in [0.15, 0.2) is 0 Å². The van der Waals surface area contributed by atoms with E-state index in [0.717, 1.165) is 36.3 Å². The molecule has 1 aliphatic carbocycles. The summed E-state index contributed by atoms with van der Waals surface area (Å²) < 4.78 is 46.7. The van der Waals surface area contributed by atoms with Crippen LogP contribution in [0.1, 0.15) is 75.1 Å². The van der Waals surface area contributed by atoms with Crippen molar-refractivity contribution in [2.45, 2.75) is 96.9 Å². The van der Waals surface area contributed by atoms with Crippen LogP contribution in [0.15, 0.2) is 30.5 Å². The molecule has 2 aliphatic heterocycles. The first-order chi connectivity index (χ1) is 22.1. The van der Waals surface area contributed by atoms with Gasteiger partial charge >= 0.3 is 18.3 Å². The van der Waals surface area contributed by atoms with Crippen LogP contribution < -0.4 is 16.0 Å². The molecule has 0 unspecified atom stereocenters. The zero-order valence-electron chi connectivity index (χ0n) is 27.0. The fourth-order valence-electron chi connectivity index (χ4n) is 6.30. The number of hydrogen-bond donors (Lipinski definition) is 3. The smallest absolute Gasteiger partial charge is 0.410 e. The molecule has 0 radical (unpaired) electrons. The van der Waals surface area contributed by atoms with E-state index in [1.165, 1.54) is 12.3 Å². The van der Waals surface area contributed by atoms with Gasteiger partial charge in [0, 0.05) is 31.5 Å². The minimum Gasteiger partial charge on any atom is -0.444 e. The fraction of sp³-hybridized carbons (Fsp3) is 0.594. The third kappa shape index (κ3) is 8.35. The monoisotopic (exact) mass is 661 g/mol. The Balaban J connectivity index is 1.27. The molecule has 15 heteroatoms. The molecule has 2 atom stereocenters. The molecule has 5 amide bonds. The van der Waals surface area contributed by atoms with E-state index >= 15 is 0 Å². The molecule has 256 valence electrons. The van der Waals surface area contributed by atoms with Gasteiger partial charge in [0.2, 0.25) is 5.91 Å². The third-order valence-corrected chi connectivity index (χ3v) is 8.83.